The number of rotatable bonds is 20. The van der Waals surface area contributed by atoms with Gasteiger partial charge in [0.1, 0.15) is 11.6 Å². The molecule has 0 amide bonds. The zero-order chi connectivity index (χ0) is 29.6. The highest BCUT2D eigenvalue weighted by Gasteiger charge is 2.13. The molecule has 0 heterocycles. The summed E-state index contributed by atoms with van der Waals surface area (Å²) in [6.07, 6.45) is 17.8. The Morgan fingerprint density at radius 1 is 0.744 bits per heavy atom. The summed E-state index contributed by atoms with van der Waals surface area (Å²) in [6.45, 7) is 21.1. The van der Waals surface area contributed by atoms with E-state index in [2.05, 4.69) is 96.7 Å². The summed E-state index contributed by atoms with van der Waals surface area (Å²) in [7, 11) is 0. The number of hydrogen-bond donors (Lipinski definition) is 0. The first-order valence-corrected chi connectivity index (χ1v) is 15.8. The van der Waals surface area contributed by atoms with Gasteiger partial charge in [-0.2, -0.15) is 0 Å². The summed E-state index contributed by atoms with van der Waals surface area (Å²) in [5, 5.41) is 0. The molecule has 2 heteroatoms. The second-order valence-electron chi connectivity index (χ2n) is 12.9. The molecule has 3 unspecified atom stereocenters. The number of Topliss-reactive ketones (excluding diaryl/α,β-unsaturated/α-hetero) is 2. The normalized spacial score (nSPS) is 13.8. The van der Waals surface area contributed by atoms with Crippen LogP contribution < -0.4 is 0 Å². The quantitative estimate of drug-likeness (QED) is 0.122. The van der Waals surface area contributed by atoms with Crippen molar-refractivity contribution in [3.8, 4) is 0 Å². The minimum Gasteiger partial charge on any atom is -0.300 e. The van der Waals surface area contributed by atoms with Crippen LogP contribution in [0.1, 0.15) is 138 Å². The molecule has 39 heavy (non-hydrogen) atoms. The van der Waals surface area contributed by atoms with Crippen LogP contribution in [0.4, 0.5) is 0 Å². The molecule has 0 saturated carbocycles. The van der Waals surface area contributed by atoms with Crippen molar-refractivity contribution >= 4 is 11.6 Å². The van der Waals surface area contributed by atoms with Crippen molar-refractivity contribution in [3.63, 3.8) is 0 Å². The van der Waals surface area contributed by atoms with E-state index < -0.39 is 0 Å². The van der Waals surface area contributed by atoms with Crippen molar-refractivity contribution in [2.75, 3.05) is 0 Å². The predicted molar refractivity (Wildman–Crippen MR) is 172 cm³/mol. The lowest BCUT2D eigenvalue weighted by molar-refractivity contribution is -0.123. The first kappa shape index (κ1) is 37.0. The summed E-state index contributed by atoms with van der Waals surface area (Å²) >= 11 is 0. The van der Waals surface area contributed by atoms with Crippen molar-refractivity contribution in [2.45, 2.75) is 132 Å². The Bertz CT molecular complexity index is 787. The maximum absolute atomic E-state index is 11.8. The molecule has 1 aromatic rings. The number of unbranched alkanes of at least 4 members (excludes halogenated alkanes) is 1. The summed E-state index contributed by atoms with van der Waals surface area (Å²) in [6, 6.07) is 10.9. The molecular weight excluding hydrogens is 476 g/mol. The van der Waals surface area contributed by atoms with E-state index in [1.165, 1.54) is 31.2 Å². The van der Waals surface area contributed by atoms with E-state index in [1.807, 2.05) is 13.8 Å². The Labute approximate surface area is 243 Å². The number of allylic oxidation sites excluding steroid dienone is 3. The van der Waals surface area contributed by atoms with Crippen molar-refractivity contribution in [1.82, 2.24) is 0 Å². The van der Waals surface area contributed by atoms with Gasteiger partial charge in [-0.3, -0.25) is 9.59 Å². The Kier molecular flexibility index (Phi) is 21.7. The molecule has 0 radical (unpaired) electrons. The van der Waals surface area contributed by atoms with Crippen LogP contribution in [0.3, 0.4) is 0 Å². The van der Waals surface area contributed by atoms with Crippen LogP contribution in [-0.4, -0.2) is 11.6 Å². The lowest BCUT2D eigenvalue weighted by Crippen LogP contribution is -2.11. The van der Waals surface area contributed by atoms with Gasteiger partial charge in [-0.1, -0.05) is 117 Å². The lowest BCUT2D eigenvalue weighted by atomic mass is 9.88. The van der Waals surface area contributed by atoms with Gasteiger partial charge in [-0.05, 0) is 73.7 Å². The van der Waals surface area contributed by atoms with Crippen molar-refractivity contribution < 1.29 is 9.59 Å². The molecule has 0 bridgehead atoms. The molecule has 0 aromatic heterocycles. The molecule has 0 aliphatic rings. The third-order valence-corrected chi connectivity index (χ3v) is 7.43. The highest BCUT2D eigenvalue weighted by molar-refractivity contribution is 5.80. The molecule has 3 atom stereocenters. The second-order valence-corrected chi connectivity index (χ2v) is 12.9. The van der Waals surface area contributed by atoms with Gasteiger partial charge < -0.3 is 0 Å². The molecule has 1 rings (SSSR count). The second kappa shape index (κ2) is 22.8. The third kappa shape index (κ3) is 21.5. The molecule has 0 spiro atoms. The summed E-state index contributed by atoms with van der Waals surface area (Å²) in [4.78, 5) is 23.3. The number of ketones is 2. The number of hydrogen-bond acceptors (Lipinski definition) is 2. The molecule has 222 valence electrons. The highest BCUT2D eigenvalue weighted by Crippen LogP contribution is 2.27. The van der Waals surface area contributed by atoms with Crippen LogP contribution in [0, 0.1) is 29.6 Å². The van der Waals surface area contributed by atoms with Gasteiger partial charge in [0.2, 0.25) is 0 Å². The van der Waals surface area contributed by atoms with Gasteiger partial charge in [-0.25, -0.2) is 0 Å². The molecule has 2 nitrogen and oxygen atoms in total. The largest absolute Gasteiger partial charge is 0.300 e. The van der Waals surface area contributed by atoms with Gasteiger partial charge in [0.05, 0.1) is 0 Å². The average molecular weight is 539 g/mol. The van der Waals surface area contributed by atoms with Gasteiger partial charge in [0, 0.05) is 25.2 Å². The number of carbonyl (C=O) groups is 2. The standard InChI is InChI=1S/C20H30.C17H32O2/c1-5-18(4)15-16-20(14-10-9-11-17(2)3)19-12-7-6-8-13-19;1-13(2)8-6-7-9-16(18)12-15(5)10-11-17(19)14(3)4/h5-10,12-13,17-18,20H,1,11,14-16H2,2-4H3;13-15H,6-12H2,1-5H3/b10-9+;. The molecule has 0 fully saturated rings. The van der Waals surface area contributed by atoms with Crippen LogP contribution in [0.2, 0.25) is 0 Å². The van der Waals surface area contributed by atoms with Crippen LogP contribution in [0.15, 0.2) is 55.1 Å². The molecule has 0 aliphatic carbocycles. The maximum Gasteiger partial charge on any atom is 0.135 e. The van der Waals surface area contributed by atoms with Crippen LogP contribution in [-0.2, 0) is 9.59 Å². The number of benzene rings is 1. The minimum absolute atomic E-state index is 0.124. The maximum atomic E-state index is 11.8. The van der Waals surface area contributed by atoms with Crippen molar-refractivity contribution in [2.24, 2.45) is 29.6 Å². The van der Waals surface area contributed by atoms with Gasteiger partial charge in [0.15, 0.2) is 0 Å². The average Bonchev–Trinajstić information content (AvgIpc) is 2.89. The highest BCUT2D eigenvalue weighted by atomic mass is 16.1. The third-order valence-electron chi connectivity index (χ3n) is 7.43. The SMILES string of the molecule is C=CC(C)CCC(C/C=C/CC(C)C)c1ccccc1.CC(C)CCCCC(=O)CC(C)CCC(=O)C(C)C. The van der Waals surface area contributed by atoms with Gasteiger partial charge in [0.25, 0.3) is 0 Å². The zero-order valence-corrected chi connectivity index (χ0v) is 26.9. The monoisotopic (exact) mass is 538 g/mol. The molecule has 1 aromatic carbocycles. The first-order valence-electron chi connectivity index (χ1n) is 15.8. The fourth-order valence-corrected chi connectivity index (χ4v) is 4.50. The Balaban J connectivity index is 0.000000742. The van der Waals surface area contributed by atoms with E-state index in [1.54, 1.807) is 0 Å². The molecule has 0 N–H and O–H groups in total. The number of carbonyl (C=O) groups excluding carboxylic acids is 2. The van der Waals surface area contributed by atoms with Crippen LogP contribution in [0.5, 0.6) is 0 Å². The fraction of sp³-hybridized carbons (Fsp3) is 0.676. The first-order chi connectivity index (χ1) is 18.5. The predicted octanol–water partition coefficient (Wildman–Crippen LogP) is 11.2. The lowest BCUT2D eigenvalue weighted by Gasteiger charge is -2.17. The Hall–Kier alpha value is -1.96. The smallest absolute Gasteiger partial charge is 0.135 e. The van der Waals surface area contributed by atoms with E-state index >= 15 is 0 Å². The van der Waals surface area contributed by atoms with E-state index in [0.717, 1.165) is 43.9 Å². The van der Waals surface area contributed by atoms with Crippen LogP contribution >= 0.6 is 0 Å². The van der Waals surface area contributed by atoms with Crippen LogP contribution in [0.25, 0.3) is 0 Å². The van der Waals surface area contributed by atoms with Crippen molar-refractivity contribution in [1.29, 1.82) is 0 Å². The minimum atomic E-state index is 0.124. The summed E-state index contributed by atoms with van der Waals surface area (Å²) in [5.74, 6) is 3.89. The Morgan fingerprint density at radius 3 is 1.95 bits per heavy atom. The van der Waals surface area contributed by atoms with E-state index in [-0.39, 0.29) is 5.92 Å². The van der Waals surface area contributed by atoms with Gasteiger partial charge >= 0.3 is 0 Å². The topological polar surface area (TPSA) is 34.1 Å². The van der Waals surface area contributed by atoms with E-state index in [9.17, 15) is 9.59 Å². The molecular formula is C37H62O2. The molecule has 0 saturated heterocycles. The van der Waals surface area contributed by atoms with E-state index in [4.69, 9.17) is 0 Å². The summed E-state index contributed by atoms with van der Waals surface area (Å²) < 4.78 is 0. The summed E-state index contributed by atoms with van der Waals surface area (Å²) in [5.41, 5.74) is 1.47. The molecule has 0 aliphatic heterocycles. The van der Waals surface area contributed by atoms with E-state index in [0.29, 0.717) is 42.2 Å². The van der Waals surface area contributed by atoms with Gasteiger partial charge in [-0.15, -0.1) is 6.58 Å². The Morgan fingerprint density at radius 2 is 1.38 bits per heavy atom. The van der Waals surface area contributed by atoms with Crippen molar-refractivity contribution in [3.05, 3.63) is 60.7 Å². The fourth-order valence-electron chi connectivity index (χ4n) is 4.50. The zero-order valence-electron chi connectivity index (χ0n) is 26.9.